The molecule has 0 aliphatic carbocycles. The van der Waals surface area contributed by atoms with E-state index < -0.39 is 0 Å². The Morgan fingerprint density at radius 3 is 3.00 bits per heavy atom. The minimum absolute atomic E-state index is 0.228. The number of thiazole rings is 1. The molecule has 0 saturated carbocycles. The number of carbonyl (C=O) groups is 1. The number of anilines is 2. The van der Waals surface area contributed by atoms with Crippen LogP contribution in [0.1, 0.15) is 12.1 Å². The second kappa shape index (κ2) is 6.54. The molecule has 0 spiro atoms. The third-order valence-corrected chi connectivity index (χ3v) is 3.62. The van der Waals surface area contributed by atoms with Gasteiger partial charge in [0.1, 0.15) is 0 Å². The van der Waals surface area contributed by atoms with Gasteiger partial charge in [-0.3, -0.25) is 4.79 Å². The number of halogens is 1. The molecule has 1 heterocycles. The summed E-state index contributed by atoms with van der Waals surface area (Å²) in [5, 5.41) is 6.48. The number of ether oxygens (including phenoxy) is 1. The SMILES string of the molecule is COC(=O)CCc1csc(Nc2ccccc2Cl)n1. The number of esters is 1. The lowest BCUT2D eigenvalue weighted by Crippen LogP contribution is -2.02. The van der Waals surface area contributed by atoms with Crippen molar-refractivity contribution in [3.05, 3.63) is 40.4 Å². The Labute approximate surface area is 120 Å². The predicted molar refractivity (Wildman–Crippen MR) is 77.2 cm³/mol. The molecular formula is C13H13ClN2O2S. The minimum atomic E-state index is -0.228. The zero-order valence-corrected chi connectivity index (χ0v) is 11.9. The Balaban J connectivity index is 1.98. The normalized spacial score (nSPS) is 10.2. The van der Waals surface area contributed by atoms with Crippen molar-refractivity contribution in [2.45, 2.75) is 12.8 Å². The Morgan fingerprint density at radius 1 is 1.47 bits per heavy atom. The van der Waals surface area contributed by atoms with E-state index in [9.17, 15) is 4.79 Å². The number of nitrogens with zero attached hydrogens (tertiary/aromatic N) is 1. The van der Waals surface area contributed by atoms with E-state index in [2.05, 4.69) is 15.0 Å². The molecule has 2 aromatic rings. The van der Waals surface area contributed by atoms with Crippen LogP contribution in [0.25, 0.3) is 0 Å². The molecule has 6 heteroatoms. The van der Waals surface area contributed by atoms with Gasteiger partial charge in [-0.15, -0.1) is 11.3 Å². The molecule has 0 radical (unpaired) electrons. The Hall–Kier alpha value is -1.59. The molecular weight excluding hydrogens is 284 g/mol. The maximum Gasteiger partial charge on any atom is 0.305 e. The highest BCUT2D eigenvalue weighted by Gasteiger charge is 2.07. The van der Waals surface area contributed by atoms with Gasteiger partial charge >= 0.3 is 5.97 Å². The molecule has 0 saturated heterocycles. The van der Waals surface area contributed by atoms with E-state index in [1.165, 1.54) is 18.4 Å². The molecule has 100 valence electrons. The van der Waals surface area contributed by atoms with Gasteiger partial charge in [-0.1, -0.05) is 23.7 Å². The van der Waals surface area contributed by atoms with Crippen LogP contribution in [-0.2, 0) is 16.0 Å². The maximum atomic E-state index is 11.0. The Kier molecular flexibility index (Phi) is 4.76. The fourth-order valence-electron chi connectivity index (χ4n) is 1.49. The van der Waals surface area contributed by atoms with Gasteiger partial charge in [0.25, 0.3) is 0 Å². The van der Waals surface area contributed by atoms with E-state index in [1.54, 1.807) is 0 Å². The van der Waals surface area contributed by atoms with Gasteiger partial charge in [0.2, 0.25) is 0 Å². The predicted octanol–water partition coefficient (Wildman–Crippen LogP) is 3.65. The van der Waals surface area contributed by atoms with Crippen molar-refractivity contribution in [2.75, 3.05) is 12.4 Å². The van der Waals surface area contributed by atoms with Gasteiger partial charge in [-0.05, 0) is 12.1 Å². The van der Waals surface area contributed by atoms with Gasteiger partial charge in [0.05, 0.1) is 29.9 Å². The molecule has 0 fully saturated rings. The van der Waals surface area contributed by atoms with Gasteiger partial charge in [-0.25, -0.2) is 4.98 Å². The highest BCUT2D eigenvalue weighted by atomic mass is 35.5. The first-order chi connectivity index (χ1) is 9.19. The average Bonchev–Trinajstić information content (AvgIpc) is 2.86. The number of para-hydroxylation sites is 1. The molecule has 4 nitrogen and oxygen atoms in total. The highest BCUT2D eigenvalue weighted by molar-refractivity contribution is 7.13. The first-order valence-electron chi connectivity index (χ1n) is 5.72. The standard InChI is InChI=1S/C13H13ClN2O2S/c1-18-12(17)7-6-9-8-19-13(15-9)16-11-5-3-2-4-10(11)14/h2-5,8H,6-7H2,1H3,(H,15,16). The number of rotatable bonds is 5. The van der Waals surface area contributed by atoms with Crippen molar-refractivity contribution < 1.29 is 9.53 Å². The maximum absolute atomic E-state index is 11.0. The zero-order valence-electron chi connectivity index (χ0n) is 10.4. The van der Waals surface area contributed by atoms with E-state index in [-0.39, 0.29) is 5.97 Å². The van der Waals surface area contributed by atoms with E-state index in [1.807, 2.05) is 29.6 Å². The van der Waals surface area contributed by atoms with E-state index >= 15 is 0 Å². The zero-order chi connectivity index (χ0) is 13.7. The molecule has 0 atom stereocenters. The van der Waals surface area contributed by atoms with Gasteiger partial charge in [0, 0.05) is 11.8 Å². The fourth-order valence-corrected chi connectivity index (χ4v) is 2.43. The van der Waals surface area contributed by atoms with Crippen LogP contribution in [0.2, 0.25) is 5.02 Å². The van der Waals surface area contributed by atoms with Crippen molar-refractivity contribution >= 4 is 39.7 Å². The lowest BCUT2D eigenvalue weighted by molar-refractivity contribution is -0.140. The first kappa shape index (κ1) is 13.8. The Morgan fingerprint density at radius 2 is 2.26 bits per heavy atom. The van der Waals surface area contributed by atoms with Crippen molar-refractivity contribution in [3.63, 3.8) is 0 Å². The quantitative estimate of drug-likeness (QED) is 0.856. The number of aryl methyl sites for hydroxylation is 1. The van der Waals surface area contributed by atoms with Crippen molar-refractivity contribution in [3.8, 4) is 0 Å². The summed E-state index contributed by atoms with van der Waals surface area (Å²) >= 11 is 7.53. The molecule has 1 N–H and O–H groups in total. The summed E-state index contributed by atoms with van der Waals surface area (Å²) in [5.74, 6) is -0.228. The average molecular weight is 297 g/mol. The van der Waals surface area contributed by atoms with Crippen LogP contribution < -0.4 is 5.32 Å². The number of benzene rings is 1. The van der Waals surface area contributed by atoms with Crippen molar-refractivity contribution in [2.24, 2.45) is 0 Å². The summed E-state index contributed by atoms with van der Waals surface area (Å²) < 4.78 is 4.59. The summed E-state index contributed by atoms with van der Waals surface area (Å²) in [6.45, 7) is 0. The van der Waals surface area contributed by atoms with E-state index in [0.717, 1.165) is 16.5 Å². The van der Waals surface area contributed by atoms with Crippen LogP contribution in [-0.4, -0.2) is 18.1 Å². The summed E-state index contributed by atoms with van der Waals surface area (Å²) in [7, 11) is 1.38. The van der Waals surface area contributed by atoms with Gasteiger partial charge in [-0.2, -0.15) is 0 Å². The second-order valence-corrected chi connectivity index (χ2v) is 5.09. The number of nitrogens with one attached hydrogen (secondary N) is 1. The summed E-state index contributed by atoms with van der Waals surface area (Å²) in [6, 6.07) is 7.48. The number of hydrogen-bond acceptors (Lipinski definition) is 5. The molecule has 0 aliphatic heterocycles. The van der Waals surface area contributed by atoms with Crippen LogP contribution in [0.5, 0.6) is 0 Å². The minimum Gasteiger partial charge on any atom is -0.469 e. The lowest BCUT2D eigenvalue weighted by atomic mass is 10.2. The number of methoxy groups -OCH3 is 1. The molecule has 19 heavy (non-hydrogen) atoms. The van der Waals surface area contributed by atoms with Crippen molar-refractivity contribution in [1.29, 1.82) is 0 Å². The van der Waals surface area contributed by atoms with Crippen LogP contribution in [0, 0.1) is 0 Å². The molecule has 1 aromatic heterocycles. The lowest BCUT2D eigenvalue weighted by Gasteiger charge is -2.03. The molecule has 0 bridgehead atoms. The smallest absolute Gasteiger partial charge is 0.305 e. The van der Waals surface area contributed by atoms with Crippen molar-refractivity contribution in [1.82, 2.24) is 4.98 Å². The van der Waals surface area contributed by atoms with Crippen LogP contribution in [0.15, 0.2) is 29.6 Å². The Bertz CT molecular complexity index is 571. The molecule has 0 amide bonds. The highest BCUT2D eigenvalue weighted by Crippen LogP contribution is 2.26. The summed E-state index contributed by atoms with van der Waals surface area (Å²) in [4.78, 5) is 15.4. The third-order valence-electron chi connectivity index (χ3n) is 2.48. The third kappa shape index (κ3) is 3.94. The molecule has 0 aliphatic rings. The van der Waals surface area contributed by atoms with E-state index in [4.69, 9.17) is 11.6 Å². The largest absolute Gasteiger partial charge is 0.469 e. The van der Waals surface area contributed by atoms with Crippen LogP contribution in [0.4, 0.5) is 10.8 Å². The van der Waals surface area contributed by atoms with Crippen LogP contribution >= 0.6 is 22.9 Å². The number of carbonyl (C=O) groups excluding carboxylic acids is 1. The number of hydrogen-bond donors (Lipinski definition) is 1. The molecule has 0 unspecified atom stereocenters. The first-order valence-corrected chi connectivity index (χ1v) is 6.97. The second-order valence-electron chi connectivity index (χ2n) is 3.82. The summed E-state index contributed by atoms with van der Waals surface area (Å²) in [5.41, 5.74) is 1.68. The summed E-state index contributed by atoms with van der Waals surface area (Å²) in [6.07, 6.45) is 0.916. The van der Waals surface area contributed by atoms with Gasteiger partial charge < -0.3 is 10.1 Å². The number of aromatic nitrogens is 1. The van der Waals surface area contributed by atoms with Gasteiger partial charge in [0.15, 0.2) is 5.13 Å². The van der Waals surface area contributed by atoms with E-state index in [0.29, 0.717) is 17.9 Å². The van der Waals surface area contributed by atoms with Crippen LogP contribution in [0.3, 0.4) is 0 Å². The molecule has 1 aromatic carbocycles. The topological polar surface area (TPSA) is 51.2 Å². The monoisotopic (exact) mass is 296 g/mol. The molecule has 2 rings (SSSR count). The fraction of sp³-hybridized carbons (Fsp3) is 0.231.